The Labute approximate surface area is 103 Å². The Morgan fingerprint density at radius 1 is 1.41 bits per heavy atom. The number of hydrogen-bond donors (Lipinski definition) is 2. The standard InChI is InChI=1S/C12H23N3O2/c1-8-9(10(16)15(6)14(8)5)7-13-11(17)12(2,3)4/h10,16H,7H2,1-6H3,(H,13,17). The highest BCUT2D eigenvalue weighted by molar-refractivity contribution is 5.81. The average molecular weight is 241 g/mol. The van der Waals surface area contributed by atoms with Crippen molar-refractivity contribution in [1.29, 1.82) is 0 Å². The summed E-state index contributed by atoms with van der Waals surface area (Å²) in [6, 6.07) is 0. The van der Waals surface area contributed by atoms with Crippen LogP contribution in [0.2, 0.25) is 0 Å². The number of nitrogens with zero attached hydrogens (tertiary/aromatic N) is 2. The zero-order valence-electron chi connectivity index (χ0n) is 11.5. The van der Waals surface area contributed by atoms with E-state index in [9.17, 15) is 9.90 Å². The molecule has 17 heavy (non-hydrogen) atoms. The molecular formula is C12H23N3O2. The Morgan fingerprint density at radius 3 is 2.29 bits per heavy atom. The van der Waals surface area contributed by atoms with E-state index in [1.54, 1.807) is 5.01 Å². The van der Waals surface area contributed by atoms with E-state index in [1.807, 2.05) is 46.8 Å². The molecule has 0 radical (unpaired) electrons. The molecule has 0 aliphatic carbocycles. The Hall–Kier alpha value is -1.07. The van der Waals surface area contributed by atoms with Crippen molar-refractivity contribution in [2.75, 3.05) is 20.6 Å². The van der Waals surface area contributed by atoms with Crippen LogP contribution in [0, 0.1) is 5.41 Å². The van der Waals surface area contributed by atoms with E-state index in [1.165, 1.54) is 0 Å². The van der Waals surface area contributed by atoms with Crippen molar-refractivity contribution < 1.29 is 9.90 Å². The molecule has 2 N–H and O–H groups in total. The Bertz CT molecular complexity index is 344. The van der Waals surface area contributed by atoms with E-state index in [2.05, 4.69) is 5.32 Å². The van der Waals surface area contributed by atoms with Crippen LogP contribution in [0.3, 0.4) is 0 Å². The first-order valence-electron chi connectivity index (χ1n) is 5.78. The second-order valence-corrected chi connectivity index (χ2v) is 5.51. The van der Waals surface area contributed by atoms with Gasteiger partial charge in [0, 0.05) is 37.3 Å². The smallest absolute Gasteiger partial charge is 0.225 e. The fraction of sp³-hybridized carbons (Fsp3) is 0.750. The summed E-state index contributed by atoms with van der Waals surface area (Å²) in [6.45, 7) is 7.93. The summed E-state index contributed by atoms with van der Waals surface area (Å²) in [5.41, 5.74) is 1.41. The molecule has 0 aromatic carbocycles. The van der Waals surface area contributed by atoms with Crippen LogP contribution in [0.25, 0.3) is 0 Å². The Morgan fingerprint density at radius 2 is 1.94 bits per heavy atom. The largest absolute Gasteiger partial charge is 0.373 e. The molecule has 1 rings (SSSR count). The maximum absolute atomic E-state index is 11.8. The summed E-state index contributed by atoms with van der Waals surface area (Å²) in [5.74, 6) is -0.0118. The minimum absolute atomic E-state index is 0.0118. The maximum atomic E-state index is 11.8. The van der Waals surface area contributed by atoms with Gasteiger partial charge >= 0.3 is 0 Å². The normalized spacial score (nSPS) is 22.3. The number of aliphatic hydroxyl groups is 1. The quantitative estimate of drug-likeness (QED) is 0.740. The summed E-state index contributed by atoms with van der Waals surface area (Å²) < 4.78 is 0. The monoisotopic (exact) mass is 241 g/mol. The summed E-state index contributed by atoms with van der Waals surface area (Å²) in [5, 5.41) is 16.5. The van der Waals surface area contributed by atoms with Gasteiger partial charge in [0.2, 0.25) is 5.91 Å². The first-order valence-corrected chi connectivity index (χ1v) is 5.78. The number of nitrogens with one attached hydrogen (secondary N) is 1. The molecule has 1 aliphatic rings. The van der Waals surface area contributed by atoms with Crippen LogP contribution in [0.1, 0.15) is 27.7 Å². The SMILES string of the molecule is CC1=C(CNC(=O)C(C)(C)C)C(O)N(C)N1C. The van der Waals surface area contributed by atoms with Crippen LogP contribution in [-0.2, 0) is 4.79 Å². The van der Waals surface area contributed by atoms with E-state index < -0.39 is 11.6 Å². The second-order valence-electron chi connectivity index (χ2n) is 5.51. The number of likely N-dealkylation sites (N-methyl/N-ethyl adjacent to an activating group) is 1. The van der Waals surface area contributed by atoms with Gasteiger partial charge in [-0.3, -0.25) is 4.79 Å². The zero-order chi connectivity index (χ0) is 13.4. The molecule has 0 spiro atoms. The van der Waals surface area contributed by atoms with Crippen molar-refractivity contribution in [3.8, 4) is 0 Å². The number of carbonyl (C=O) groups is 1. The van der Waals surface area contributed by atoms with Crippen LogP contribution in [0.5, 0.6) is 0 Å². The number of hydrogen-bond acceptors (Lipinski definition) is 4. The highest BCUT2D eigenvalue weighted by Crippen LogP contribution is 2.24. The third kappa shape index (κ3) is 2.79. The second kappa shape index (κ2) is 4.66. The molecule has 5 heteroatoms. The summed E-state index contributed by atoms with van der Waals surface area (Å²) in [7, 11) is 3.70. The summed E-state index contributed by atoms with van der Waals surface area (Å²) in [4.78, 5) is 11.8. The summed E-state index contributed by atoms with van der Waals surface area (Å²) >= 11 is 0. The van der Waals surface area contributed by atoms with E-state index in [4.69, 9.17) is 0 Å². The molecule has 0 aromatic rings. The van der Waals surface area contributed by atoms with Crippen LogP contribution in [0.15, 0.2) is 11.3 Å². The maximum Gasteiger partial charge on any atom is 0.225 e. The molecule has 1 atom stereocenters. The third-order valence-electron chi connectivity index (χ3n) is 3.21. The number of amides is 1. The number of carbonyl (C=O) groups excluding carboxylic acids is 1. The van der Waals surface area contributed by atoms with Gasteiger partial charge in [0.25, 0.3) is 0 Å². The molecule has 0 aromatic heterocycles. The lowest BCUT2D eigenvalue weighted by molar-refractivity contribution is -0.128. The third-order valence-corrected chi connectivity index (χ3v) is 3.21. The lowest BCUT2D eigenvalue weighted by Crippen LogP contribution is -2.40. The van der Waals surface area contributed by atoms with Crippen molar-refractivity contribution in [2.24, 2.45) is 5.41 Å². The molecule has 0 bridgehead atoms. The molecular weight excluding hydrogens is 218 g/mol. The molecule has 0 saturated heterocycles. The van der Waals surface area contributed by atoms with Crippen molar-refractivity contribution in [2.45, 2.75) is 33.9 Å². The lowest BCUT2D eigenvalue weighted by Gasteiger charge is -2.25. The van der Waals surface area contributed by atoms with Crippen molar-refractivity contribution >= 4 is 5.91 Å². The van der Waals surface area contributed by atoms with Crippen LogP contribution in [-0.4, -0.2) is 47.9 Å². The predicted octanol–water partition coefficient (Wildman–Crippen LogP) is 0.533. The number of allylic oxidation sites excluding steroid dienone is 1. The molecule has 0 fully saturated rings. The first kappa shape index (κ1) is 14.0. The van der Waals surface area contributed by atoms with Gasteiger partial charge in [0.05, 0.1) is 0 Å². The highest BCUT2D eigenvalue weighted by atomic mass is 16.3. The molecule has 0 saturated carbocycles. The minimum atomic E-state index is -0.653. The topological polar surface area (TPSA) is 55.8 Å². The van der Waals surface area contributed by atoms with Gasteiger partial charge in [-0.15, -0.1) is 0 Å². The van der Waals surface area contributed by atoms with Crippen molar-refractivity contribution in [3.05, 3.63) is 11.3 Å². The van der Waals surface area contributed by atoms with Crippen LogP contribution < -0.4 is 5.32 Å². The van der Waals surface area contributed by atoms with Gasteiger partial charge in [0.1, 0.15) is 6.23 Å². The predicted molar refractivity (Wildman–Crippen MR) is 66.7 cm³/mol. The Balaban J connectivity index is 2.68. The molecule has 5 nitrogen and oxygen atoms in total. The highest BCUT2D eigenvalue weighted by Gasteiger charge is 2.31. The fourth-order valence-corrected chi connectivity index (χ4v) is 1.68. The molecule has 1 heterocycles. The number of aliphatic hydroxyl groups excluding tert-OH is 1. The van der Waals surface area contributed by atoms with Gasteiger partial charge in [-0.2, -0.15) is 5.01 Å². The van der Waals surface area contributed by atoms with Gasteiger partial charge in [-0.1, -0.05) is 20.8 Å². The molecule has 1 unspecified atom stereocenters. The zero-order valence-corrected chi connectivity index (χ0v) is 11.5. The van der Waals surface area contributed by atoms with Crippen LogP contribution >= 0.6 is 0 Å². The molecule has 1 amide bonds. The van der Waals surface area contributed by atoms with Gasteiger partial charge in [-0.05, 0) is 6.92 Å². The van der Waals surface area contributed by atoms with E-state index in [0.717, 1.165) is 11.3 Å². The van der Waals surface area contributed by atoms with Gasteiger partial charge in [-0.25, -0.2) is 0 Å². The van der Waals surface area contributed by atoms with E-state index in [-0.39, 0.29) is 5.91 Å². The van der Waals surface area contributed by atoms with E-state index in [0.29, 0.717) is 6.54 Å². The average Bonchev–Trinajstić information content (AvgIpc) is 2.40. The van der Waals surface area contributed by atoms with Crippen molar-refractivity contribution in [3.63, 3.8) is 0 Å². The minimum Gasteiger partial charge on any atom is -0.373 e. The van der Waals surface area contributed by atoms with Crippen molar-refractivity contribution in [1.82, 2.24) is 15.3 Å². The lowest BCUT2D eigenvalue weighted by atomic mass is 9.95. The number of hydrazine groups is 1. The van der Waals surface area contributed by atoms with Gasteiger partial charge in [0.15, 0.2) is 0 Å². The van der Waals surface area contributed by atoms with Gasteiger partial charge < -0.3 is 15.4 Å². The fourth-order valence-electron chi connectivity index (χ4n) is 1.68. The number of rotatable bonds is 2. The first-order chi connectivity index (χ1) is 7.66. The molecule has 98 valence electrons. The molecule has 1 aliphatic heterocycles. The van der Waals surface area contributed by atoms with E-state index >= 15 is 0 Å². The summed E-state index contributed by atoms with van der Waals surface area (Å²) in [6.07, 6.45) is -0.653. The Kier molecular flexibility index (Phi) is 3.84. The van der Waals surface area contributed by atoms with Crippen LogP contribution in [0.4, 0.5) is 0 Å².